The summed E-state index contributed by atoms with van der Waals surface area (Å²) in [6.07, 6.45) is 0. The largest absolute Gasteiger partial charge is 0.495 e. The van der Waals surface area contributed by atoms with Crippen LogP contribution in [-0.2, 0) is 4.79 Å². The van der Waals surface area contributed by atoms with Gasteiger partial charge in [0.2, 0.25) is 5.91 Å². The van der Waals surface area contributed by atoms with Crippen molar-refractivity contribution in [2.75, 3.05) is 38.2 Å². The summed E-state index contributed by atoms with van der Waals surface area (Å²) in [6, 6.07) is 8.03. The Hall–Kier alpha value is -1.23. The van der Waals surface area contributed by atoms with Crippen molar-refractivity contribution in [2.45, 2.75) is 18.7 Å². The topological polar surface area (TPSA) is 32.8 Å². The number of ether oxygens (including phenoxy) is 1. The zero-order valence-electron chi connectivity index (χ0n) is 12.9. The second-order valence-electron chi connectivity index (χ2n) is 5.63. The molecule has 1 heterocycles. The van der Waals surface area contributed by atoms with Crippen molar-refractivity contribution in [1.29, 1.82) is 0 Å². The van der Waals surface area contributed by atoms with Crippen LogP contribution in [0.4, 0.5) is 5.69 Å². The summed E-state index contributed by atoms with van der Waals surface area (Å²) < 4.78 is 5.41. The monoisotopic (exact) mass is 354 g/mol. The van der Waals surface area contributed by atoms with Crippen molar-refractivity contribution < 1.29 is 9.53 Å². The van der Waals surface area contributed by atoms with Gasteiger partial charge in [-0.15, -0.1) is 0 Å². The molecule has 0 spiro atoms. The van der Waals surface area contributed by atoms with Gasteiger partial charge in [0.1, 0.15) is 5.75 Å². The number of benzene rings is 1. The van der Waals surface area contributed by atoms with Crippen molar-refractivity contribution in [1.82, 2.24) is 4.90 Å². The predicted octanol–water partition coefficient (Wildman–Crippen LogP) is 2.76. The normalized spacial score (nSPS) is 17.0. The number of carbonyl (C=O) groups is 1. The lowest BCUT2D eigenvalue weighted by atomic mass is 10.1. The summed E-state index contributed by atoms with van der Waals surface area (Å²) in [5.41, 5.74) is 1.10. The molecule has 0 saturated carbocycles. The van der Waals surface area contributed by atoms with Crippen LogP contribution in [0.5, 0.6) is 5.75 Å². The first-order chi connectivity index (χ1) is 10.0. The maximum atomic E-state index is 12.3. The van der Waals surface area contributed by atoms with Crippen LogP contribution in [0.2, 0.25) is 0 Å². The number of alkyl halides is 1. The number of piperazine rings is 1. The molecular formula is C16H23BrN2O2. The summed E-state index contributed by atoms with van der Waals surface area (Å²) in [6.45, 7) is 7.30. The number of carbonyl (C=O) groups excluding carboxylic acids is 1. The van der Waals surface area contributed by atoms with Crippen molar-refractivity contribution in [3.63, 3.8) is 0 Å². The number of nitrogens with zero attached hydrogens (tertiary/aromatic N) is 2. The number of anilines is 1. The van der Waals surface area contributed by atoms with Crippen molar-refractivity contribution in [2.24, 2.45) is 5.92 Å². The van der Waals surface area contributed by atoms with E-state index in [2.05, 4.69) is 40.7 Å². The van der Waals surface area contributed by atoms with Gasteiger partial charge >= 0.3 is 0 Å². The predicted molar refractivity (Wildman–Crippen MR) is 89.3 cm³/mol. The van der Waals surface area contributed by atoms with Gasteiger partial charge in [0.25, 0.3) is 0 Å². The van der Waals surface area contributed by atoms with E-state index in [-0.39, 0.29) is 10.7 Å². The number of hydrogen-bond donors (Lipinski definition) is 0. The van der Waals surface area contributed by atoms with Gasteiger partial charge in [0, 0.05) is 26.2 Å². The van der Waals surface area contributed by atoms with Gasteiger partial charge in [0.15, 0.2) is 0 Å². The van der Waals surface area contributed by atoms with Gasteiger partial charge in [-0.1, -0.05) is 41.9 Å². The zero-order chi connectivity index (χ0) is 15.4. The average Bonchev–Trinajstić information content (AvgIpc) is 2.53. The molecule has 0 bridgehead atoms. The summed E-state index contributed by atoms with van der Waals surface area (Å²) in [4.78, 5) is 16.5. The molecule has 4 nitrogen and oxygen atoms in total. The molecule has 116 valence electrons. The summed E-state index contributed by atoms with van der Waals surface area (Å²) in [5, 5.41) is 0. The first kappa shape index (κ1) is 16.1. The van der Waals surface area contributed by atoms with Crippen molar-refractivity contribution in [3.05, 3.63) is 24.3 Å². The number of amides is 1. The fourth-order valence-corrected chi connectivity index (χ4v) is 2.81. The van der Waals surface area contributed by atoms with Crippen LogP contribution in [0.25, 0.3) is 0 Å². The Kier molecular flexibility index (Phi) is 5.51. The molecule has 1 aliphatic heterocycles. The van der Waals surface area contributed by atoms with E-state index in [0.29, 0.717) is 5.92 Å². The van der Waals surface area contributed by atoms with Crippen LogP contribution < -0.4 is 9.64 Å². The van der Waals surface area contributed by atoms with Crippen LogP contribution in [0, 0.1) is 5.92 Å². The van der Waals surface area contributed by atoms with E-state index in [9.17, 15) is 4.79 Å². The molecule has 1 aromatic carbocycles. The molecule has 1 fully saturated rings. The van der Waals surface area contributed by atoms with E-state index < -0.39 is 0 Å². The maximum Gasteiger partial charge on any atom is 0.236 e. The molecule has 0 aromatic heterocycles. The average molecular weight is 355 g/mol. The standard InChI is InChI=1S/C16H23BrN2O2/c1-12(2)15(17)16(20)19-10-8-18(9-11-19)13-6-4-5-7-14(13)21-3/h4-7,12,15H,8-11H2,1-3H3. The van der Waals surface area contributed by atoms with E-state index in [1.54, 1.807) is 7.11 Å². The Morgan fingerprint density at radius 2 is 1.81 bits per heavy atom. The third-order valence-corrected chi connectivity index (χ3v) is 5.29. The molecule has 1 aromatic rings. The molecule has 1 aliphatic rings. The summed E-state index contributed by atoms with van der Waals surface area (Å²) in [7, 11) is 1.69. The fraction of sp³-hybridized carbons (Fsp3) is 0.562. The highest BCUT2D eigenvalue weighted by atomic mass is 79.9. The molecular weight excluding hydrogens is 332 g/mol. The Morgan fingerprint density at radius 3 is 2.38 bits per heavy atom. The molecule has 5 heteroatoms. The maximum absolute atomic E-state index is 12.3. The molecule has 0 N–H and O–H groups in total. The third kappa shape index (κ3) is 3.70. The molecule has 0 radical (unpaired) electrons. The minimum Gasteiger partial charge on any atom is -0.495 e. The molecule has 2 rings (SSSR count). The summed E-state index contributed by atoms with van der Waals surface area (Å²) >= 11 is 3.50. The second-order valence-corrected chi connectivity index (χ2v) is 6.62. The van der Waals surface area contributed by atoms with Crippen LogP contribution in [0.15, 0.2) is 24.3 Å². The third-order valence-electron chi connectivity index (χ3n) is 3.84. The molecule has 1 saturated heterocycles. The van der Waals surface area contributed by atoms with Gasteiger partial charge in [0.05, 0.1) is 17.6 Å². The number of para-hydroxylation sites is 2. The number of rotatable bonds is 4. The van der Waals surface area contributed by atoms with Gasteiger partial charge in [-0.05, 0) is 18.1 Å². The van der Waals surface area contributed by atoms with E-state index in [4.69, 9.17) is 4.74 Å². The fourth-order valence-electron chi connectivity index (χ4n) is 2.52. The van der Waals surface area contributed by atoms with Crippen LogP contribution in [0.1, 0.15) is 13.8 Å². The quantitative estimate of drug-likeness (QED) is 0.779. The molecule has 1 atom stereocenters. The Labute approximate surface area is 135 Å². The Balaban J connectivity index is 1.99. The summed E-state index contributed by atoms with van der Waals surface area (Å²) in [5.74, 6) is 1.40. The SMILES string of the molecule is COc1ccccc1N1CCN(C(=O)C(Br)C(C)C)CC1. The van der Waals surface area contributed by atoms with Crippen LogP contribution in [-0.4, -0.2) is 48.9 Å². The highest BCUT2D eigenvalue weighted by Crippen LogP contribution is 2.28. The smallest absolute Gasteiger partial charge is 0.236 e. The number of halogens is 1. The molecule has 1 unspecified atom stereocenters. The van der Waals surface area contributed by atoms with Gasteiger partial charge in [-0.25, -0.2) is 0 Å². The lowest BCUT2D eigenvalue weighted by Crippen LogP contribution is -2.51. The lowest BCUT2D eigenvalue weighted by Gasteiger charge is -2.37. The number of methoxy groups -OCH3 is 1. The van der Waals surface area contributed by atoms with E-state index >= 15 is 0 Å². The van der Waals surface area contributed by atoms with Crippen molar-refractivity contribution in [3.8, 4) is 5.75 Å². The van der Waals surface area contributed by atoms with Crippen LogP contribution >= 0.6 is 15.9 Å². The van der Waals surface area contributed by atoms with Gasteiger partial charge < -0.3 is 14.5 Å². The molecule has 21 heavy (non-hydrogen) atoms. The Morgan fingerprint density at radius 1 is 1.19 bits per heavy atom. The highest BCUT2D eigenvalue weighted by molar-refractivity contribution is 9.10. The molecule has 1 amide bonds. The minimum absolute atomic E-state index is 0.0877. The highest BCUT2D eigenvalue weighted by Gasteiger charge is 2.28. The zero-order valence-corrected chi connectivity index (χ0v) is 14.5. The Bertz CT molecular complexity index is 485. The van der Waals surface area contributed by atoms with E-state index in [0.717, 1.165) is 37.6 Å². The number of hydrogen-bond acceptors (Lipinski definition) is 3. The second kappa shape index (κ2) is 7.16. The van der Waals surface area contributed by atoms with Crippen molar-refractivity contribution >= 4 is 27.5 Å². The van der Waals surface area contributed by atoms with Gasteiger partial charge in [-0.3, -0.25) is 4.79 Å². The first-order valence-corrected chi connectivity index (χ1v) is 8.27. The van der Waals surface area contributed by atoms with E-state index in [1.807, 2.05) is 23.1 Å². The first-order valence-electron chi connectivity index (χ1n) is 7.35. The van der Waals surface area contributed by atoms with Gasteiger partial charge in [-0.2, -0.15) is 0 Å². The van der Waals surface area contributed by atoms with Crippen LogP contribution in [0.3, 0.4) is 0 Å². The lowest BCUT2D eigenvalue weighted by molar-refractivity contribution is -0.131. The minimum atomic E-state index is -0.0877. The van der Waals surface area contributed by atoms with E-state index in [1.165, 1.54) is 0 Å². The molecule has 0 aliphatic carbocycles.